The summed E-state index contributed by atoms with van der Waals surface area (Å²) in [5.74, 6) is -0.440. The van der Waals surface area contributed by atoms with Gasteiger partial charge in [0.05, 0.1) is 11.5 Å². The van der Waals surface area contributed by atoms with Gasteiger partial charge in [-0.25, -0.2) is 0 Å². The van der Waals surface area contributed by atoms with Crippen LogP contribution in [0.5, 0.6) is 0 Å². The molecule has 0 bridgehead atoms. The number of oxime groups is 1. The van der Waals surface area contributed by atoms with Gasteiger partial charge in [0.25, 0.3) is 0 Å². The first kappa shape index (κ1) is 26.7. The van der Waals surface area contributed by atoms with E-state index in [1.54, 1.807) is 18.3 Å². The van der Waals surface area contributed by atoms with Gasteiger partial charge in [0.2, 0.25) is 0 Å². The summed E-state index contributed by atoms with van der Waals surface area (Å²) in [6, 6.07) is 11.0. The Hall–Kier alpha value is -2.87. The van der Waals surface area contributed by atoms with Crippen molar-refractivity contribution in [3.8, 4) is 0 Å². The topological polar surface area (TPSA) is 62.1 Å². The Morgan fingerprint density at radius 3 is 2.37 bits per heavy atom. The largest absolute Gasteiger partial charge is 0.481 e. The normalized spacial score (nSPS) is 19.6. The van der Waals surface area contributed by atoms with E-state index in [-0.39, 0.29) is 18.4 Å². The van der Waals surface area contributed by atoms with Crippen molar-refractivity contribution in [2.45, 2.75) is 82.5 Å². The van der Waals surface area contributed by atoms with E-state index in [4.69, 9.17) is 9.94 Å². The molecule has 8 heteroatoms. The molecular formula is C30H35F3N2O3. The molecule has 1 N–H and O–H groups in total. The number of carboxylic acids is 1. The molecular weight excluding hydrogens is 493 g/mol. The fraction of sp³-hybridized carbons (Fsp3) is 0.533. The number of hydrogen-bond acceptors (Lipinski definition) is 4. The van der Waals surface area contributed by atoms with Crippen LogP contribution >= 0.6 is 0 Å². The van der Waals surface area contributed by atoms with Crippen LogP contribution < -0.4 is 0 Å². The van der Waals surface area contributed by atoms with Crippen molar-refractivity contribution in [3.63, 3.8) is 0 Å². The molecule has 2 aromatic rings. The maximum atomic E-state index is 13.8. The van der Waals surface area contributed by atoms with E-state index in [1.165, 1.54) is 30.0 Å². The first-order valence-electron chi connectivity index (χ1n) is 13.7. The number of alkyl halides is 3. The second-order valence-electron chi connectivity index (χ2n) is 11.1. The van der Waals surface area contributed by atoms with Crippen molar-refractivity contribution in [2.75, 3.05) is 13.1 Å². The molecule has 5 rings (SSSR count). The Morgan fingerprint density at radius 1 is 0.974 bits per heavy atom. The number of benzene rings is 2. The van der Waals surface area contributed by atoms with Crippen molar-refractivity contribution < 1.29 is 27.9 Å². The summed E-state index contributed by atoms with van der Waals surface area (Å²) < 4.78 is 41.3. The van der Waals surface area contributed by atoms with Crippen LogP contribution in [-0.2, 0) is 35.4 Å². The van der Waals surface area contributed by atoms with E-state index >= 15 is 0 Å². The van der Waals surface area contributed by atoms with Crippen molar-refractivity contribution >= 4 is 12.2 Å². The molecule has 204 valence electrons. The Balaban J connectivity index is 1.16. The lowest BCUT2D eigenvalue weighted by Gasteiger charge is -2.37. The maximum Gasteiger partial charge on any atom is 0.416 e. The molecule has 2 saturated carbocycles. The van der Waals surface area contributed by atoms with Gasteiger partial charge in [-0.2, -0.15) is 13.2 Å². The molecule has 0 spiro atoms. The van der Waals surface area contributed by atoms with E-state index in [0.717, 1.165) is 44.2 Å². The van der Waals surface area contributed by atoms with Gasteiger partial charge in [-0.3, -0.25) is 9.69 Å². The number of aliphatic carboxylic acids is 1. The lowest BCUT2D eigenvalue weighted by molar-refractivity contribution is -0.147. The van der Waals surface area contributed by atoms with Crippen molar-refractivity contribution in [3.05, 3.63) is 69.8 Å². The highest BCUT2D eigenvalue weighted by molar-refractivity contribution is 5.71. The van der Waals surface area contributed by atoms with Crippen LogP contribution in [0.2, 0.25) is 0 Å². The second-order valence-corrected chi connectivity index (χ2v) is 11.1. The van der Waals surface area contributed by atoms with Crippen molar-refractivity contribution in [2.24, 2.45) is 11.1 Å². The second kappa shape index (κ2) is 11.5. The third-order valence-electron chi connectivity index (χ3n) is 8.10. The predicted octanol–water partition coefficient (Wildman–Crippen LogP) is 6.89. The van der Waals surface area contributed by atoms with Crippen LogP contribution in [0.25, 0.3) is 0 Å². The van der Waals surface area contributed by atoms with Gasteiger partial charge < -0.3 is 9.94 Å². The Kier molecular flexibility index (Phi) is 8.07. The SMILES string of the molecule is O=C(O)C1CN(Cc2ccc(CC=NOCc3ccc(C4CCCCC4)c(C(F)(F)F)c3)cc2C2CC2)C1. The molecule has 5 nitrogen and oxygen atoms in total. The summed E-state index contributed by atoms with van der Waals surface area (Å²) >= 11 is 0. The summed E-state index contributed by atoms with van der Waals surface area (Å²) in [7, 11) is 0. The first-order valence-corrected chi connectivity index (χ1v) is 13.7. The van der Waals surface area contributed by atoms with Crippen LogP contribution in [0.4, 0.5) is 13.2 Å². The number of nitrogens with zero attached hydrogens (tertiary/aromatic N) is 2. The molecule has 38 heavy (non-hydrogen) atoms. The van der Waals surface area contributed by atoms with Gasteiger partial charge in [-0.1, -0.05) is 54.8 Å². The molecule has 2 aliphatic carbocycles. The molecule has 1 aliphatic heterocycles. The highest BCUT2D eigenvalue weighted by Gasteiger charge is 2.36. The van der Waals surface area contributed by atoms with Gasteiger partial charge in [-0.15, -0.1) is 0 Å². The standard InChI is InChI=1S/C30H35F3N2O3/c31-30(32,33)28-15-21(7-11-26(28)22-4-2-1-3-5-22)19-38-34-13-12-20-6-8-24(27(14-20)23-9-10-23)16-35-17-25(18-35)29(36)37/h6-8,11,13-15,22-23,25H,1-5,9-10,12,16-19H2,(H,36,37). The molecule has 3 fully saturated rings. The lowest BCUT2D eigenvalue weighted by atomic mass is 9.81. The van der Waals surface area contributed by atoms with Crippen molar-refractivity contribution in [1.29, 1.82) is 0 Å². The zero-order valence-electron chi connectivity index (χ0n) is 21.6. The highest BCUT2D eigenvalue weighted by Crippen LogP contribution is 2.43. The Bertz CT molecular complexity index is 1160. The van der Waals surface area contributed by atoms with Crippen LogP contribution in [0.3, 0.4) is 0 Å². The smallest absolute Gasteiger partial charge is 0.416 e. The van der Waals surface area contributed by atoms with Crippen LogP contribution in [0.1, 0.15) is 90.2 Å². The predicted molar refractivity (Wildman–Crippen MR) is 139 cm³/mol. The van der Waals surface area contributed by atoms with Gasteiger partial charge in [0.1, 0.15) is 6.61 Å². The average Bonchev–Trinajstić information content (AvgIpc) is 3.71. The zero-order chi connectivity index (χ0) is 26.7. The van der Waals surface area contributed by atoms with Crippen LogP contribution in [0, 0.1) is 5.92 Å². The minimum absolute atomic E-state index is 0.00996. The van der Waals surface area contributed by atoms with E-state index in [0.29, 0.717) is 36.6 Å². The Labute approximate surface area is 221 Å². The van der Waals surface area contributed by atoms with Gasteiger partial charge in [-0.05, 0) is 71.4 Å². The molecule has 0 amide bonds. The van der Waals surface area contributed by atoms with E-state index < -0.39 is 17.7 Å². The zero-order valence-corrected chi connectivity index (χ0v) is 21.6. The average molecular weight is 529 g/mol. The van der Waals surface area contributed by atoms with E-state index in [1.807, 2.05) is 0 Å². The van der Waals surface area contributed by atoms with Crippen LogP contribution in [-0.4, -0.2) is 35.3 Å². The van der Waals surface area contributed by atoms with E-state index in [2.05, 4.69) is 28.3 Å². The number of halogens is 3. The highest BCUT2D eigenvalue weighted by atomic mass is 19.4. The molecule has 1 saturated heterocycles. The van der Waals surface area contributed by atoms with Crippen molar-refractivity contribution in [1.82, 2.24) is 4.90 Å². The molecule has 1 heterocycles. The van der Waals surface area contributed by atoms with Gasteiger partial charge >= 0.3 is 12.1 Å². The molecule has 0 radical (unpaired) electrons. The van der Waals surface area contributed by atoms with E-state index in [9.17, 15) is 18.0 Å². The number of likely N-dealkylation sites (tertiary alicyclic amines) is 1. The Morgan fingerprint density at radius 2 is 1.68 bits per heavy atom. The molecule has 0 atom stereocenters. The summed E-state index contributed by atoms with van der Waals surface area (Å²) in [5, 5.41) is 13.1. The number of carboxylic acid groups (broad SMARTS) is 1. The maximum absolute atomic E-state index is 13.8. The summed E-state index contributed by atoms with van der Waals surface area (Å²) in [4.78, 5) is 18.6. The third-order valence-corrected chi connectivity index (χ3v) is 8.10. The summed E-state index contributed by atoms with van der Waals surface area (Å²) in [5.41, 5.74) is 4.02. The molecule has 0 unspecified atom stereocenters. The first-order chi connectivity index (χ1) is 18.3. The molecule has 2 aromatic carbocycles. The minimum atomic E-state index is -4.38. The summed E-state index contributed by atoms with van der Waals surface area (Å²) in [6.07, 6.45) is 4.88. The molecule has 0 aromatic heterocycles. The minimum Gasteiger partial charge on any atom is -0.481 e. The van der Waals surface area contributed by atoms with Gasteiger partial charge in [0, 0.05) is 32.3 Å². The fourth-order valence-electron chi connectivity index (χ4n) is 5.80. The lowest BCUT2D eigenvalue weighted by Crippen LogP contribution is -2.49. The number of hydrogen-bond donors (Lipinski definition) is 1. The fourth-order valence-corrected chi connectivity index (χ4v) is 5.80. The van der Waals surface area contributed by atoms with Gasteiger partial charge in [0.15, 0.2) is 0 Å². The van der Waals surface area contributed by atoms with Crippen LogP contribution in [0.15, 0.2) is 41.6 Å². The molecule has 3 aliphatic rings. The quantitative estimate of drug-likeness (QED) is 0.269. The number of rotatable bonds is 10. The summed E-state index contributed by atoms with van der Waals surface area (Å²) in [6.45, 7) is 1.95. The third kappa shape index (κ3) is 6.57. The number of carbonyl (C=O) groups is 1. The monoisotopic (exact) mass is 528 g/mol.